The predicted molar refractivity (Wildman–Crippen MR) is 88.0 cm³/mol. The third-order valence-electron chi connectivity index (χ3n) is 6.99. The van der Waals surface area contributed by atoms with Crippen molar-refractivity contribution in [1.82, 2.24) is 0 Å². The fraction of sp³-hybridized carbons (Fsp3) is 0.700. The summed E-state index contributed by atoms with van der Waals surface area (Å²) in [6, 6.07) is 0. The molecule has 25 heavy (non-hydrogen) atoms. The molecule has 2 fully saturated rings. The van der Waals surface area contributed by atoms with Gasteiger partial charge in [-0.2, -0.15) is 0 Å². The Kier molecular flexibility index (Phi) is 2.66. The van der Waals surface area contributed by atoms with Gasteiger partial charge in [0, 0.05) is 12.0 Å². The van der Waals surface area contributed by atoms with Crippen molar-refractivity contribution < 1.29 is 23.8 Å². The third kappa shape index (κ3) is 1.41. The van der Waals surface area contributed by atoms with Crippen molar-refractivity contribution in [2.24, 2.45) is 16.7 Å². The topological polar surface area (TPSA) is 61.8 Å². The third-order valence-corrected chi connectivity index (χ3v) is 6.99. The minimum Gasteiger partial charge on any atom is -0.493 e. The van der Waals surface area contributed by atoms with E-state index in [1.165, 1.54) is 0 Å². The molecule has 5 nitrogen and oxygen atoms in total. The summed E-state index contributed by atoms with van der Waals surface area (Å²) in [6.07, 6.45) is 8.54. The van der Waals surface area contributed by atoms with E-state index in [1.54, 1.807) is 6.26 Å². The van der Waals surface area contributed by atoms with Gasteiger partial charge in [0.25, 0.3) is 0 Å². The van der Waals surface area contributed by atoms with Crippen LogP contribution in [0.5, 0.6) is 0 Å². The van der Waals surface area contributed by atoms with Gasteiger partial charge in [-0.15, -0.1) is 0 Å². The van der Waals surface area contributed by atoms with Crippen LogP contribution in [-0.4, -0.2) is 23.1 Å². The average Bonchev–Trinajstić information content (AvgIpc) is 3.22. The van der Waals surface area contributed by atoms with Gasteiger partial charge in [-0.05, 0) is 59.0 Å². The van der Waals surface area contributed by atoms with Crippen LogP contribution in [-0.2, 0) is 23.8 Å². The van der Waals surface area contributed by atoms with Crippen LogP contribution in [0, 0.1) is 16.7 Å². The van der Waals surface area contributed by atoms with Crippen LogP contribution < -0.4 is 0 Å². The van der Waals surface area contributed by atoms with Gasteiger partial charge in [-0.3, -0.25) is 9.59 Å². The first kappa shape index (κ1) is 15.5. The molecule has 3 aliphatic carbocycles. The van der Waals surface area contributed by atoms with Gasteiger partial charge in [0.1, 0.15) is 11.4 Å². The summed E-state index contributed by atoms with van der Waals surface area (Å²) in [6.45, 7) is 5.56. The Labute approximate surface area is 147 Å². The molecule has 5 aliphatic rings. The maximum Gasteiger partial charge on any atom is 0.325 e. The Morgan fingerprint density at radius 3 is 2.80 bits per heavy atom. The number of esters is 2. The molecular formula is C20H24O5. The first-order chi connectivity index (χ1) is 11.8. The smallest absolute Gasteiger partial charge is 0.325 e. The highest BCUT2D eigenvalue weighted by Crippen LogP contribution is 2.78. The first-order valence-corrected chi connectivity index (χ1v) is 9.32. The molecule has 5 rings (SSSR count). The van der Waals surface area contributed by atoms with E-state index in [-0.39, 0.29) is 17.9 Å². The van der Waals surface area contributed by atoms with Crippen molar-refractivity contribution in [2.75, 3.05) is 0 Å². The Morgan fingerprint density at radius 1 is 1.24 bits per heavy atom. The van der Waals surface area contributed by atoms with E-state index in [1.807, 2.05) is 26.8 Å². The summed E-state index contributed by atoms with van der Waals surface area (Å²) < 4.78 is 18.1. The van der Waals surface area contributed by atoms with Crippen LogP contribution >= 0.6 is 0 Å². The van der Waals surface area contributed by atoms with Gasteiger partial charge in [0.2, 0.25) is 0 Å². The molecular weight excluding hydrogens is 320 g/mol. The Bertz CT molecular complexity index is 757. The number of carbonyl (C=O) groups is 2. The minimum atomic E-state index is -0.915. The normalized spacial score (nSPS) is 43.5. The summed E-state index contributed by atoms with van der Waals surface area (Å²) in [5.41, 5.74) is -2.00. The fourth-order valence-electron chi connectivity index (χ4n) is 6.04. The average molecular weight is 344 g/mol. The molecule has 0 N–H and O–H groups in total. The Hall–Kier alpha value is -1.78. The summed E-state index contributed by atoms with van der Waals surface area (Å²) in [5, 5.41) is 0. The molecule has 5 heteroatoms. The van der Waals surface area contributed by atoms with Gasteiger partial charge < -0.3 is 14.2 Å². The lowest BCUT2D eigenvalue weighted by atomic mass is 9.39. The van der Waals surface area contributed by atoms with Crippen LogP contribution in [0.1, 0.15) is 59.3 Å². The van der Waals surface area contributed by atoms with Crippen LogP contribution in [0.25, 0.3) is 0 Å². The SMILES string of the molecule is CC(C)(C)C(=O)O[C@]12C3=C(CCC3)OC(=O)[C@]13CCC[C@@]31OC=C[C@H]12. The quantitative estimate of drug-likeness (QED) is 0.682. The van der Waals surface area contributed by atoms with Crippen molar-refractivity contribution in [3.05, 3.63) is 23.7 Å². The zero-order valence-corrected chi connectivity index (χ0v) is 15.0. The largest absolute Gasteiger partial charge is 0.493 e. The molecule has 0 bridgehead atoms. The second-order valence-electron chi connectivity index (χ2n) is 9.09. The fourth-order valence-corrected chi connectivity index (χ4v) is 6.04. The second kappa shape index (κ2) is 4.30. The van der Waals surface area contributed by atoms with E-state index in [2.05, 4.69) is 0 Å². The van der Waals surface area contributed by atoms with Crippen molar-refractivity contribution >= 4 is 11.9 Å². The molecule has 0 amide bonds. The predicted octanol–water partition coefficient (Wildman–Crippen LogP) is 3.39. The van der Waals surface area contributed by atoms with Gasteiger partial charge in [0.05, 0.1) is 17.6 Å². The second-order valence-corrected chi connectivity index (χ2v) is 9.09. The van der Waals surface area contributed by atoms with Crippen LogP contribution in [0.4, 0.5) is 0 Å². The minimum absolute atomic E-state index is 0.0928. The summed E-state index contributed by atoms with van der Waals surface area (Å²) in [7, 11) is 0. The highest BCUT2D eigenvalue weighted by molar-refractivity contribution is 5.90. The molecule has 0 unspecified atom stereocenters. The number of carbonyl (C=O) groups excluding carboxylic acids is 2. The first-order valence-electron chi connectivity index (χ1n) is 9.32. The van der Waals surface area contributed by atoms with E-state index >= 15 is 0 Å². The molecule has 0 aromatic rings. The van der Waals surface area contributed by atoms with Crippen LogP contribution in [0.3, 0.4) is 0 Å². The van der Waals surface area contributed by atoms with E-state index in [4.69, 9.17) is 14.2 Å². The Morgan fingerprint density at radius 2 is 2.04 bits per heavy atom. The molecule has 134 valence electrons. The molecule has 0 saturated heterocycles. The number of hydrogen-bond acceptors (Lipinski definition) is 5. The standard InChI is InChI=1S/C20H24O5/c1-17(2,3)15(21)25-20-12-6-4-7-13(12)24-16(22)18(20)9-5-10-19(18)14(20)8-11-23-19/h8,11,14H,4-7,9-10H2,1-3H3/t14-,18+,19+,20+/m1/s1. The molecule has 0 radical (unpaired) electrons. The lowest BCUT2D eigenvalue weighted by Gasteiger charge is -2.68. The number of fused-ring (bicyclic) bond motifs is 2. The van der Waals surface area contributed by atoms with Crippen molar-refractivity contribution in [3.8, 4) is 0 Å². The number of hydrogen-bond donors (Lipinski definition) is 0. The molecule has 0 aromatic carbocycles. The summed E-state index contributed by atoms with van der Waals surface area (Å²) in [4.78, 5) is 26.1. The van der Waals surface area contributed by atoms with Crippen molar-refractivity contribution in [1.29, 1.82) is 0 Å². The molecule has 2 aliphatic heterocycles. The maximum atomic E-state index is 13.2. The summed E-state index contributed by atoms with van der Waals surface area (Å²) >= 11 is 0. The monoisotopic (exact) mass is 344 g/mol. The van der Waals surface area contributed by atoms with Crippen molar-refractivity contribution in [3.63, 3.8) is 0 Å². The van der Waals surface area contributed by atoms with Gasteiger partial charge >= 0.3 is 11.9 Å². The van der Waals surface area contributed by atoms with Gasteiger partial charge in [-0.25, -0.2) is 0 Å². The maximum absolute atomic E-state index is 13.2. The van der Waals surface area contributed by atoms with Crippen LogP contribution in [0.2, 0.25) is 0 Å². The molecule has 2 spiro atoms. The Balaban J connectivity index is 1.73. The van der Waals surface area contributed by atoms with E-state index in [9.17, 15) is 9.59 Å². The molecule has 2 heterocycles. The lowest BCUT2D eigenvalue weighted by molar-refractivity contribution is -0.303. The van der Waals surface area contributed by atoms with E-state index in [0.717, 1.165) is 43.4 Å². The van der Waals surface area contributed by atoms with Gasteiger partial charge in [0.15, 0.2) is 11.0 Å². The van der Waals surface area contributed by atoms with Gasteiger partial charge in [-0.1, -0.05) is 0 Å². The molecule has 4 atom stereocenters. The van der Waals surface area contributed by atoms with E-state index < -0.39 is 22.0 Å². The van der Waals surface area contributed by atoms with Crippen molar-refractivity contribution in [2.45, 2.75) is 70.5 Å². The zero-order chi connectivity index (χ0) is 17.7. The highest BCUT2D eigenvalue weighted by Gasteiger charge is 2.91. The number of allylic oxidation sites excluding steroid dienone is 1. The highest BCUT2D eigenvalue weighted by atomic mass is 16.6. The molecule has 0 aromatic heterocycles. The molecule has 2 saturated carbocycles. The summed E-state index contributed by atoms with van der Waals surface area (Å²) in [5.74, 6) is 0.122. The lowest BCUT2D eigenvalue weighted by Crippen LogP contribution is -2.83. The van der Waals surface area contributed by atoms with Crippen LogP contribution in [0.15, 0.2) is 23.7 Å². The zero-order valence-electron chi connectivity index (χ0n) is 15.0. The number of ether oxygens (including phenoxy) is 3. The van der Waals surface area contributed by atoms with E-state index in [0.29, 0.717) is 6.42 Å². The number of rotatable bonds is 1.